The van der Waals surface area contributed by atoms with Crippen LogP contribution in [-0.4, -0.2) is 20.8 Å². The van der Waals surface area contributed by atoms with Gasteiger partial charge in [0.1, 0.15) is 11.5 Å². The quantitative estimate of drug-likeness (QED) is 0.858. The third-order valence-electron chi connectivity index (χ3n) is 4.35. The van der Waals surface area contributed by atoms with Gasteiger partial charge in [-0.05, 0) is 36.0 Å². The Morgan fingerprint density at radius 2 is 1.60 bits per heavy atom. The molecule has 0 bridgehead atoms. The van der Waals surface area contributed by atoms with Gasteiger partial charge in [0.05, 0.1) is 14.2 Å². The van der Waals surface area contributed by atoms with E-state index in [1.807, 2.05) is 6.07 Å². The van der Waals surface area contributed by atoms with Crippen LogP contribution in [0.25, 0.3) is 0 Å². The molecule has 1 aromatic rings. The Bertz CT molecular complexity index is 403. The van der Waals surface area contributed by atoms with E-state index in [0.29, 0.717) is 5.41 Å². The number of hydrogen-bond acceptors (Lipinski definition) is 3. The van der Waals surface area contributed by atoms with Crippen LogP contribution in [0.1, 0.15) is 44.6 Å². The lowest BCUT2D eigenvalue weighted by Gasteiger charge is -2.33. The average Bonchev–Trinajstić information content (AvgIpc) is 2.47. The summed E-state index contributed by atoms with van der Waals surface area (Å²) in [6.07, 6.45) is 6.86. The molecule has 1 N–H and O–H groups in total. The largest absolute Gasteiger partial charge is 0.497 e. The van der Waals surface area contributed by atoms with Crippen LogP contribution in [0.5, 0.6) is 11.5 Å². The minimum Gasteiger partial charge on any atom is -0.497 e. The fraction of sp³-hybridized carbons (Fsp3) is 0.647. The molecule has 1 aromatic carbocycles. The molecule has 3 heteroatoms. The lowest BCUT2D eigenvalue weighted by Crippen LogP contribution is -2.33. The maximum atomic E-state index is 5.31. The normalized spacial score (nSPS) is 17.8. The molecule has 2 rings (SSSR count). The zero-order valence-corrected chi connectivity index (χ0v) is 13.0. The van der Waals surface area contributed by atoms with Gasteiger partial charge in [0.2, 0.25) is 0 Å². The summed E-state index contributed by atoms with van der Waals surface area (Å²) in [5.74, 6) is 1.70. The van der Waals surface area contributed by atoms with Gasteiger partial charge in [-0.2, -0.15) is 0 Å². The van der Waals surface area contributed by atoms with Crippen LogP contribution in [0.3, 0.4) is 0 Å². The zero-order valence-electron chi connectivity index (χ0n) is 13.0. The van der Waals surface area contributed by atoms with Gasteiger partial charge in [0.25, 0.3) is 0 Å². The summed E-state index contributed by atoms with van der Waals surface area (Å²) >= 11 is 0. The molecule has 0 radical (unpaired) electrons. The van der Waals surface area contributed by atoms with E-state index < -0.39 is 0 Å². The molecule has 1 aliphatic rings. The summed E-state index contributed by atoms with van der Waals surface area (Å²) in [4.78, 5) is 0. The zero-order chi connectivity index (χ0) is 14.4. The predicted octanol–water partition coefficient (Wildman–Crippen LogP) is 3.76. The second-order valence-corrected chi connectivity index (χ2v) is 6.20. The van der Waals surface area contributed by atoms with Crippen molar-refractivity contribution in [1.29, 1.82) is 0 Å². The molecule has 20 heavy (non-hydrogen) atoms. The van der Waals surface area contributed by atoms with Crippen molar-refractivity contribution in [3.8, 4) is 11.5 Å². The second kappa shape index (κ2) is 6.98. The summed E-state index contributed by atoms with van der Waals surface area (Å²) in [7, 11) is 3.38. The third-order valence-corrected chi connectivity index (χ3v) is 4.35. The highest BCUT2D eigenvalue weighted by atomic mass is 16.5. The molecular weight excluding hydrogens is 250 g/mol. The van der Waals surface area contributed by atoms with Crippen LogP contribution in [0, 0.1) is 5.41 Å². The number of benzene rings is 1. The van der Waals surface area contributed by atoms with Crippen LogP contribution in [-0.2, 0) is 6.54 Å². The Morgan fingerprint density at radius 3 is 2.15 bits per heavy atom. The van der Waals surface area contributed by atoms with Crippen LogP contribution in [0.2, 0.25) is 0 Å². The molecule has 112 valence electrons. The molecule has 0 aromatic heterocycles. The van der Waals surface area contributed by atoms with Crippen LogP contribution < -0.4 is 14.8 Å². The second-order valence-electron chi connectivity index (χ2n) is 6.20. The average molecular weight is 277 g/mol. The van der Waals surface area contributed by atoms with E-state index >= 15 is 0 Å². The van der Waals surface area contributed by atoms with E-state index in [1.165, 1.54) is 37.7 Å². The van der Waals surface area contributed by atoms with Crippen molar-refractivity contribution in [2.45, 2.75) is 45.6 Å². The first-order valence-electron chi connectivity index (χ1n) is 7.58. The van der Waals surface area contributed by atoms with Gasteiger partial charge in [0.15, 0.2) is 0 Å². The predicted molar refractivity (Wildman–Crippen MR) is 82.4 cm³/mol. The first kappa shape index (κ1) is 15.2. The first-order valence-corrected chi connectivity index (χ1v) is 7.58. The van der Waals surface area contributed by atoms with Gasteiger partial charge in [-0.15, -0.1) is 0 Å². The van der Waals surface area contributed by atoms with E-state index in [4.69, 9.17) is 9.47 Å². The lowest BCUT2D eigenvalue weighted by atomic mass is 9.76. The standard InChI is InChI=1S/C17H27NO2/c1-17(7-5-4-6-8-17)13-18-12-14-9-15(19-2)11-16(10-14)20-3/h9-11,18H,4-8,12-13H2,1-3H3. The highest BCUT2D eigenvalue weighted by molar-refractivity contribution is 5.38. The van der Waals surface area contributed by atoms with Crippen LogP contribution >= 0.6 is 0 Å². The van der Waals surface area contributed by atoms with Gasteiger partial charge in [0, 0.05) is 19.2 Å². The third kappa shape index (κ3) is 4.14. The van der Waals surface area contributed by atoms with E-state index in [1.54, 1.807) is 14.2 Å². The topological polar surface area (TPSA) is 30.5 Å². The number of rotatable bonds is 6. The Morgan fingerprint density at radius 1 is 1.00 bits per heavy atom. The fourth-order valence-corrected chi connectivity index (χ4v) is 3.06. The minimum atomic E-state index is 0.473. The molecule has 0 atom stereocenters. The maximum Gasteiger partial charge on any atom is 0.122 e. The number of methoxy groups -OCH3 is 2. The molecule has 0 unspecified atom stereocenters. The van der Waals surface area contributed by atoms with E-state index in [-0.39, 0.29) is 0 Å². The van der Waals surface area contributed by atoms with Crippen LogP contribution in [0.15, 0.2) is 18.2 Å². The van der Waals surface area contributed by atoms with Gasteiger partial charge < -0.3 is 14.8 Å². The van der Waals surface area contributed by atoms with Crippen molar-refractivity contribution in [3.05, 3.63) is 23.8 Å². The molecule has 3 nitrogen and oxygen atoms in total. The molecule has 0 heterocycles. The number of hydrogen-bond donors (Lipinski definition) is 1. The van der Waals surface area contributed by atoms with Crippen molar-refractivity contribution in [2.24, 2.45) is 5.41 Å². The van der Waals surface area contributed by atoms with E-state index in [9.17, 15) is 0 Å². The minimum absolute atomic E-state index is 0.473. The Kier molecular flexibility index (Phi) is 5.30. The molecule has 1 saturated carbocycles. The van der Waals surface area contributed by atoms with Crippen molar-refractivity contribution in [2.75, 3.05) is 20.8 Å². The Hall–Kier alpha value is -1.22. The maximum absolute atomic E-state index is 5.31. The van der Waals surface area contributed by atoms with Crippen molar-refractivity contribution < 1.29 is 9.47 Å². The van der Waals surface area contributed by atoms with Gasteiger partial charge in [-0.25, -0.2) is 0 Å². The van der Waals surface area contributed by atoms with E-state index in [2.05, 4.69) is 24.4 Å². The summed E-state index contributed by atoms with van der Waals surface area (Å²) in [5.41, 5.74) is 1.68. The number of ether oxygens (including phenoxy) is 2. The molecule has 1 fully saturated rings. The first-order chi connectivity index (χ1) is 9.65. The molecular formula is C17H27NO2. The summed E-state index contributed by atoms with van der Waals surface area (Å²) in [5, 5.41) is 3.60. The molecule has 0 aliphatic heterocycles. The van der Waals surface area contributed by atoms with Crippen molar-refractivity contribution >= 4 is 0 Å². The number of nitrogens with one attached hydrogen (secondary N) is 1. The Balaban J connectivity index is 1.90. The highest BCUT2D eigenvalue weighted by Gasteiger charge is 2.25. The Labute approximate surface area is 122 Å². The van der Waals surface area contributed by atoms with Gasteiger partial charge >= 0.3 is 0 Å². The van der Waals surface area contributed by atoms with Gasteiger partial charge in [-0.1, -0.05) is 26.2 Å². The van der Waals surface area contributed by atoms with Gasteiger partial charge in [-0.3, -0.25) is 0 Å². The smallest absolute Gasteiger partial charge is 0.122 e. The SMILES string of the molecule is COc1cc(CNCC2(C)CCCCC2)cc(OC)c1. The van der Waals surface area contributed by atoms with Crippen molar-refractivity contribution in [3.63, 3.8) is 0 Å². The summed E-state index contributed by atoms with van der Waals surface area (Å²) < 4.78 is 10.6. The molecule has 1 aliphatic carbocycles. The fourth-order valence-electron chi connectivity index (χ4n) is 3.06. The van der Waals surface area contributed by atoms with E-state index in [0.717, 1.165) is 24.6 Å². The van der Waals surface area contributed by atoms with Crippen LogP contribution in [0.4, 0.5) is 0 Å². The molecule has 0 saturated heterocycles. The van der Waals surface area contributed by atoms with Crippen molar-refractivity contribution in [1.82, 2.24) is 5.32 Å². The summed E-state index contributed by atoms with van der Waals surface area (Å²) in [6, 6.07) is 6.05. The monoisotopic (exact) mass is 277 g/mol. The molecule has 0 amide bonds. The molecule has 0 spiro atoms. The highest BCUT2D eigenvalue weighted by Crippen LogP contribution is 2.35. The summed E-state index contributed by atoms with van der Waals surface area (Å²) in [6.45, 7) is 4.36. The lowest BCUT2D eigenvalue weighted by molar-refractivity contribution is 0.207.